The van der Waals surface area contributed by atoms with E-state index in [1.165, 1.54) is 0 Å². The third-order valence-electron chi connectivity index (χ3n) is 7.42. The molecule has 2 fully saturated rings. The molecule has 0 radical (unpaired) electrons. The van der Waals surface area contributed by atoms with Crippen LogP contribution >= 0.6 is 11.8 Å². The van der Waals surface area contributed by atoms with E-state index in [1.807, 2.05) is 4.98 Å². The molecule has 0 saturated carbocycles. The molecule has 0 amide bonds. The van der Waals surface area contributed by atoms with E-state index in [-0.39, 0.29) is 5.56 Å². The van der Waals surface area contributed by atoms with Crippen LogP contribution in [0.2, 0.25) is 0 Å². The van der Waals surface area contributed by atoms with Crippen LogP contribution in [0.4, 0.5) is 0 Å². The van der Waals surface area contributed by atoms with E-state index in [1.54, 1.807) is 0 Å². The van der Waals surface area contributed by atoms with Crippen molar-refractivity contribution in [2.75, 3.05) is 13.2 Å². The lowest BCUT2D eigenvalue weighted by Gasteiger charge is -2.24. The van der Waals surface area contributed by atoms with Crippen molar-refractivity contribution in [3.8, 4) is 0 Å². The predicted molar refractivity (Wildman–Crippen MR) is 173 cm³/mol. The van der Waals surface area contributed by atoms with Crippen molar-refractivity contribution in [1.29, 1.82) is 0 Å². The molecule has 0 bridgehead atoms. The number of thioether (sulfide) groups is 1. The fourth-order valence-corrected chi connectivity index (χ4v) is 6.26. The molecule has 2 saturated heterocycles. The molecule has 2 aliphatic heterocycles. The second kappa shape index (κ2) is 17.5. The molecule has 2 aromatic heterocycles. The third-order valence-corrected chi connectivity index (χ3v) is 8.42. The van der Waals surface area contributed by atoms with Gasteiger partial charge in [-0.3, -0.25) is 52.9 Å². The van der Waals surface area contributed by atoms with Gasteiger partial charge in [0, 0.05) is 59.1 Å². The summed E-state index contributed by atoms with van der Waals surface area (Å²) in [5, 5.41) is 3.62. The van der Waals surface area contributed by atoms with E-state index in [0.29, 0.717) is 16.4 Å². The maximum absolute atomic E-state index is 13.1. The molecule has 0 spiro atoms. The van der Waals surface area contributed by atoms with Gasteiger partial charge in [-0.05, 0) is 0 Å². The molecule has 24 heteroatoms. The number of rotatable bonds is 13. The average Bonchev–Trinajstić information content (AvgIpc) is 3.54. The molecule has 23 nitrogen and oxygen atoms in total. The Hall–Kier alpha value is -5.62. The molecular formula is C30H35N5O18S. The monoisotopic (exact) mass is 785 g/mol. The van der Waals surface area contributed by atoms with Crippen molar-refractivity contribution >= 4 is 47.6 Å². The Labute approximate surface area is 306 Å². The number of aromatic amines is 2. The number of nitrogens with one attached hydrogen (secondary N) is 2. The second-order valence-corrected chi connectivity index (χ2v) is 12.6. The molecule has 0 aromatic carbocycles. The molecule has 8 atom stereocenters. The van der Waals surface area contributed by atoms with Gasteiger partial charge in [0.25, 0.3) is 11.1 Å². The lowest BCUT2D eigenvalue weighted by Crippen LogP contribution is -2.43. The minimum atomic E-state index is -1.63. The zero-order valence-electron chi connectivity index (χ0n) is 29.4. The van der Waals surface area contributed by atoms with Crippen LogP contribution in [0.1, 0.15) is 59.6 Å². The first-order chi connectivity index (χ1) is 25.4. The Kier molecular flexibility index (Phi) is 13.3. The topological polar surface area (TPSA) is 299 Å². The molecule has 4 rings (SSSR count). The van der Waals surface area contributed by atoms with Gasteiger partial charge in [0.05, 0.1) is 0 Å². The van der Waals surface area contributed by atoms with Crippen LogP contribution in [0.5, 0.6) is 0 Å². The fourth-order valence-electron chi connectivity index (χ4n) is 5.43. The predicted octanol–water partition coefficient (Wildman–Crippen LogP) is -2.28. The van der Waals surface area contributed by atoms with E-state index in [0.717, 1.165) is 52.3 Å². The quantitative estimate of drug-likeness (QED) is 0.123. The number of aromatic nitrogens is 5. The number of nitrogens with zero attached hydrogens (tertiary/aromatic N) is 3. The molecule has 4 heterocycles. The maximum atomic E-state index is 13.1. The number of H-pyrrole nitrogens is 2. The van der Waals surface area contributed by atoms with E-state index < -0.39 is 131 Å². The summed E-state index contributed by atoms with van der Waals surface area (Å²) in [6.07, 6.45) is -10.4. The first kappa shape index (κ1) is 41.1. The van der Waals surface area contributed by atoms with Crippen molar-refractivity contribution in [3.63, 3.8) is 0 Å². The largest absolute Gasteiger partial charge is 0.463 e. The Morgan fingerprint density at radius 3 is 1.57 bits per heavy atom. The van der Waals surface area contributed by atoms with E-state index >= 15 is 0 Å². The highest BCUT2D eigenvalue weighted by atomic mass is 32.2. The summed E-state index contributed by atoms with van der Waals surface area (Å²) in [7, 11) is 0. The summed E-state index contributed by atoms with van der Waals surface area (Å²) >= 11 is 0.606. The number of esters is 6. The lowest BCUT2D eigenvalue weighted by atomic mass is 10.1. The summed E-state index contributed by atoms with van der Waals surface area (Å²) in [4.78, 5) is 127. The second-order valence-electron chi connectivity index (χ2n) is 11.7. The number of ether oxygens (including phenoxy) is 8. The Morgan fingerprint density at radius 1 is 0.648 bits per heavy atom. The number of carbonyl (C=O) groups is 6. The standard InChI is InChI=1S/C30H35N5O18S/c1-11(36)46-8-18-20(48-13(3)38)22(50-15(5)40)27(52-18)34-7-17(24(42)31-29(34)44)10-54-26-25(43)32-30(45)35(33-26)28-23(51-16(6)41)21(49-14(4)39)19(53-28)9-47-12(2)37/h7,18-23,27-28H,8-10H2,1-6H3,(H,31,42,44)(H,32,43,45)/t18-,19+,20+,21+,22+,23+,27-,28+/m1/s1. The van der Waals surface area contributed by atoms with Gasteiger partial charge in [0.15, 0.2) is 41.9 Å². The minimum absolute atomic E-state index is 0.178. The molecule has 2 N–H and O–H groups in total. The lowest BCUT2D eigenvalue weighted by molar-refractivity contribution is -0.166. The van der Waals surface area contributed by atoms with Crippen LogP contribution in [0.15, 0.2) is 30.4 Å². The van der Waals surface area contributed by atoms with Crippen LogP contribution < -0.4 is 22.5 Å². The van der Waals surface area contributed by atoms with Gasteiger partial charge in [-0.15, -0.1) is 0 Å². The highest BCUT2D eigenvalue weighted by Crippen LogP contribution is 2.35. The Morgan fingerprint density at radius 2 is 1.09 bits per heavy atom. The SMILES string of the molecule is CC(=O)OC[C@@H]1O[C@H](n2nc(SCc3cn([C@@H]4O[C@H](COC(C)=O)[C@H](OC(C)=O)[C@@H]4OC(C)=O)c(=O)[nH]c3=O)c(=O)[nH]c2=O)[C@@H](OC(C)=O)[C@H]1OC(C)=O. The van der Waals surface area contributed by atoms with Crippen molar-refractivity contribution < 1.29 is 66.7 Å². The van der Waals surface area contributed by atoms with Crippen LogP contribution in [-0.2, 0) is 72.4 Å². The van der Waals surface area contributed by atoms with Crippen molar-refractivity contribution in [3.05, 3.63) is 53.4 Å². The van der Waals surface area contributed by atoms with Gasteiger partial charge < -0.3 is 37.9 Å². The van der Waals surface area contributed by atoms with Crippen LogP contribution in [0.3, 0.4) is 0 Å². The van der Waals surface area contributed by atoms with E-state index in [2.05, 4.69) is 10.1 Å². The smallest absolute Gasteiger partial charge is 0.347 e. The maximum Gasteiger partial charge on any atom is 0.347 e. The number of hydrogen-bond acceptors (Lipinski definition) is 20. The highest BCUT2D eigenvalue weighted by Gasteiger charge is 2.52. The molecular weight excluding hydrogens is 750 g/mol. The normalized spacial score (nSPS) is 24.6. The molecule has 54 heavy (non-hydrogen) atoms. The molecule has 294 valence electrons. The average molecular weight is 786 g/mol. The number of carbonyl (C=O) groups excluding carboxylic acids is 6. The summed E-state index contributed by atoms with van der Waals surface area (Å²) in [6, 6.07) is 0. The highest BCUT2D eigenvalue weighted by molar-refractivity contribution is 7.98. The molecule has 2 aromatic rings. The zero-order valence-corrected chi connectivity index (χ0v) is 30.2. The molecule has 0 unspecified atom stereocenters. The van der Waals surface area contributed by atoms with Gasteiger partial charge in [0.1, 0.15) is 25.4 Å². The van der Waals surface area contributed by atoms with Gasteiger partial charge in [-0.1, -0.05) is 11.8 Å². The van der Waals surface area contributed by atoms with E-state index in [9.17, 15) is 47.9 Å². The zero-order chi connectivity index (χ0) is 40.0. The summed E-state index contributed by atoms with van der Waals surface area (Å²) in [6.45, 7) is 5.45. The van der Waals surface area contributed by atoms with Crippen LogP contribution in [-0.4, -0.2) is 110 Å². The van der Waals surface area contributed by atoms with Gasteiger partial charge >= 0.3 is 47.2 Å². The van der Waals surface area contributed by atoms with Gasteiger partial charge in [-0.25, -0.2) is 9.59 Å². The molecule has 0 aliphatic carbocycles. The summed E-state index contributed by atoms with van der Waals surface area (Å²) < 4.78 is 44.3. The van der Waals surface area contributed by atoms with Crippen molar-refractivity contribution in [2.45, 2.75) is 101 Å². The van der Waals surface area contributed by atoms with Crippen molar-refractivity contribution in [1.82, 2.24) is 24.3 Å². The van der Waals surface area contributed by atoms with Crippen LogP contribution in [0.25, 0.3) is 0 Å². The van der Waals surface area contributed by atoms with Gasteiger partial charge in [-0.2, -0.15) is 9.78 Å². The number of hydrogen-bond donors (Lipinski definition) is 2. The Bertz CT molecular complexity index is 1900. The Balaban J connectivity index is 1.68. The minimum Gasteiger partial charge on any atom is -0.463 e. The van der Waals surface area contributed by atoms with E-state index in [4.69, 9.17) is 37.9 Å². The first-order valence-electron chi connectivity index (χ1n) is 15.8. The van der Waals surface area contributed by atoms with Crippen LogP contribution in [0, 0.1) is 0 Å². The summed E-state index contributed by atoms with van der Waals surface area (Å²) in [5.41, 5.74) is -4.31. The van der Waals surface area contributed by atoms with Crippen molar-refractivity contribution in [2.24, 2.45) is 0 Å². The third kappa shape index (κ3) is 10.1. The van der Waals surface area contributed by atoms with Gasteiger partial charge in [0.2, 0.25) is 0 Å². The fraction of sp³-hybridized carbons (Fsp3) is 0.567. The first-order valence-corrected chi connectivity index (χ1v) is 16.8. The summed E-state index contributed by atoms with van der Waals surface area (Å²) in [5.74, 6) is -5.21. The molecule has 2 aliphatic rings.